The minimum absolute atomic E-state index is 0.261. The van der Waals surface area contributed by atoms with E-state index in [1.54, 1.807) is 16.8 Å². The van der Waals surface area contributed by atoms with E-state index in [2.05, 4.69) is 15.6 Å². The topological polar surface area (TPSA) is 68.8 Å². The molecule has 0 fully saturated rings. The van der Waals surface area contributed by atoms with Crippen LogP contribution in [0.2, 0.25) is 0 Å². The van der Waals surface area contributed by atoms with Gasteiger partial charge in [-0.3, -0.25) is 5.43 Å². The monoisotopic (exact) mass is 353 g/mol. The van der Waals surface area contributed by atoms with Gasteiger partial charge in [0, 0.05) is 11.0 Å². The number of rotatable bonds is 4. The van der Waals surface area contributed by atoms with Crippen LogP contribution in [0.5, 0.6) is 0 Å². The number of benzene rings is 2. The standard InChI is InChI=1S/C18H16FN5S/c19-14-8-6-13(7-9-14)16-11-25-18-22-21-17(24(18)23-16)15(20)10-12-4-2-1-3-5-12/h1-9,11,15,23H,10,20H2/t15-/m0/s1. The largest absolute Gasteiger partial charge is 0.321 e. The Kier molecular flexibility index (Phi) is 4.25. The van der Waals surface area contributed by atoms with Crippen LogP contribution in [0.3, 0.4) is 0 Å². The van der Waals surface area contributed by atoms with Crippen molar-refractivity contribution in [3.05, 3.63) is 82.8 Å². The van der Waals surface area contributed by atoms with E-state index in [9.17, 15) is 4.39 Å². The van der Waals surface area contributed by atoms with Gasteiger partial charge in [-0.1, -0.05) is 42.1 Å². The summed E-state index contributed by atoms with van der Waals surface area (Å²) in [6.07, 6.45) is 0.668. The highest BCUT2D eigenvalue weighted by Gasteiger charge is 2.22. The second kappa shape index (κ2) is 6.70. The van der Waals surface area contributed by atoms with E-state index in [4.69, 9.17) is 5.73 Å². The van der Waals surface area contributed by atoms with Crippen molar-refractivity contribution >= 4 is 17.5 Å². The van der Waals surface area contributed by atoms with Gasteiger partial charge in [0.05, 0.1) is 11.7 Å². The van der Waals surface area contributed by atoms with Crippen molar-refractivity contribution in [1.29, 1.82) is 0 Å². The zero-order chi connectivity index (χ0) is 17.2. The SMILES string of the molecule is N[C@@H](Cc1ccccc1)c1nnc2n1NC(c1ccc(F)cc1)=CS2. The zero-order valence-corrected chi connectivity index (χ0v) is 14.1. The first-order chi connectivity index (χ1) is 12.2. The lowest BCUT2D eigenvalue weighted by atomic mass is 10.1. The van der Waals surface area contributed by atoms with Crippen molar-refractivity contribution < 1.29 is 4.39 Å². The molecule has 1 aliphatic heterocycles. The fraction of sp³-hybridized carbons (Fsp3) is 0.111. The average molecular weight is 353 g/mol. The predicted octanol–water partition coefficient (Wildman–Crippen LogP) is 3.31. The Balaban J connectivity index is 1.57. The Morgan fingerprint density at radius 3 is 2.60 bits per heavy atom. The quantitative estimate of drug-likeness (QED) is 0.753. The van der Waals surface area contributed by atoms with Crippen LogP contribution in [0.15, 0.2) is 65.2 Å². The molecule has 3 N–H and O–H groups in total. The molecule has 7 heteroatoms. The van der Waals surface area contributed by atoms with E-state index >= 15 is 0 Å². The third-order valence-electron chi connectivity index (χ3n) is 3.96. The third-order valence-corrected chi connectivity index (χ3v) is 4.79. The minimum Gasteiger partial charge on any atom is -0.321 e. The van der Waals surface area contributed by atoms with Gasteiger partial charge in [-0.15, -0.1) is 10.2 Å². The second-order valence-corrected chi connectivity index (χ2v) is 6.58. The summed E-state index contributed by atoms with van der Waals surface area (Å²) >= 11 is 1.46. The highest BCUT2D eigenvalue weighted by Crippen LogP contribution is 2.30. The van der Waals surface area contributed by atoms with Gasteiger partial charge in [0.1, 0.15) is 5.82 Å². The molecular formula is C18H16FN5S. The summed E-state index contributed by atoms with van der Waals surface area (Å²) < 4.78 is 14.9. The first-order valence-corrected chi connectivity index (χ1v) is 8.73. The lowest BCUT2D eigenvalue weighted by Gasteiger charge is -2.21. The highest BCUT2D eigenvalue weighted by molar-refractivity contribution is 8.02. The van der Waals surface area contributed by atoms with Gasteiger partial charge in [-0.05, 0) is 36.2 Å². The number of fused-ring (bicyclic) bond motifs is 1. The average Bonchev–Trinajstić information content (AvgIpc) is 3.06. The lowest BCUT2D eigenvalue weighted by Crippen LogP contribution is -2.25. The van der Waals surface area contributed by atoms with Gasteiger partial charge in [0.25, 0.3) is 0 Å². The van der Waals surface area contributed by atoms with E-state index in [1.807, 2.05) is 35.7 Å². The molecule has 0 radical (unpaired) electrons. The van der Waals surface area contributed by atoms with Gasteiger partial charge >= 0.3 is 0 Å². The van der Waals surface area contributed by atoms with Crippen molar-refractivity contribution in [3.63, 3.8) is 0 Å². The van der Waals surface area contributed by atoms with Crippen LogP contribution in [0.1, 0.15) is 23.0 Å². The molecule has 1 aliphatic rings. The molecule has 0 spiro atoms. The van der Waals surface area contributed by atoms with E-state index in [0.29, 0.717) is 12.2 Å². The molecule has 2 aromatic carbocycles. The van der Waals surface area contributed by atoms with Crippen molar-refractivity contribution in [3.8, 4) is 0 Å². The molecule has 0 aliphatic carbocycles. The number of hydrogen-bond donors (Lipinski definition) is 2. The molecule has 0 amide bonds. The van der Waals surface area contributed by atoms with E-state index in [-0.39, 0.29) is 11.9 Å². The molecule has 0 bridgehead atoms. The first-order valence-electron chi connectivity index (χ1n) is 7.85. The fourth-order valence-electron chi connectivity index (χ4n) is 2.68. The van der Waals surface area contributed by atoms with Crippen LogP contribution >= 0.6 is 11.8 Å². The lowest BCUT2D eigenvalue weighted by molar-refractivity contribution is 0.626. The van der Waals surface area contributed by atoms with Gasteiger partial charge in [0.15, 0.2) is 5.82 Å². The van der Waals surface area contributed by atoms with E-state index in [1.165, 1.54) is 23.9 Å². The Labute approximate surface area is 148 Å². The number of thioether (sulfide) groups is 1. The number of aromatic nitrogens is 3. The first kappa shape index (κ1) is 15.9. The molecule has 0 saturated heterocycles. The van der Waals surface area contributed by atoms with Crippen LogP contribution in [0, 0.1) is 5.82 Å². The molecule has 126 valence electrons. The van der Waals surface area contributed by atoms with Crippen molar-refractivity contribution in [2.24, 2.45) is 5.73 Å². The summed E-state index contributed by atoms with van der Waals surface area (Å²) in [4.78, 5) is 0. The fourth-order valence-corrected chi connectivity index (χ4v) is 3.43. The van der Waals surface area contributed by atoms with E-state index in [0.717, 1.165) is 22.0 Å². The second-order valence-electron chi connectivity index (χ2n) is 5.74. The summed E-state index contributed by atoms with van der Waals surface area (Å²) in [6.45, 7) is 0. The predicted molar refractivity (Wildman–Crippen MR) is 96.7 cm³/mol. The van der Waals surface area contributed by atoms with Crippen LogP contribution in [-0.4, -0.2) is 14.9 Å². The number of nitrogens with two attached hydrogens (primary N) is 1. The maximum Gasteiger partial charge on any atom is 0.214 e. The Bertz CT molecular complexity index is 905. The summed E-state index contributed by atoms with van der Waals surface area (Å²) in [5.74, 6) is 0.405. The van der Waals surface area contributed by atoms with Gasteiger partial charge in [-0.2, -0.15) is 0 Å². The van der Waals surface area contributed by atoms with Gasteiger partial charge < -0.3 is 5.73 Å². The summed E-state index contributed by atoms with van der Waals surface area (Å²) in [7, 11) is 0. The van der Waals surface area contributed by atoms with Gasteiger partial charge in [0.2, 0.25) is 5.16 Å². The molecule has 4 rings (SSSR count). The van der Waals surface area contributed by atoms with Crippen molar-refractivity contribution in [2.45, 2.75) is 17.6 Å². The smallest absolute Gasteiger partial charge is 0.214 e. The van der Waals surface area contributed by atoms with Crippen molar-refractivity contribution in [2.75, 3.05) is 5.43 Å². The molecule has 0 saturated carbocycles. The Morgan fingerprint density at radius 2 is 1.84 bits per heavy atom. The minimum atomic E-state index is -0.288. The van der Waals surface area contributed by atoms with Gasteiger partial charge in [-0.25, -0.2) is 9.07 Å². The normalized spacial score (nSPS) is 14.4. The third kappa shape index (κ3) is 3.29. The number of halogens is 1. The maximum absolute atomic E-state index is 13.1. The zero-order valence-electron chi connectivity index (χ0n) is 13.3. The van der Waals surface area contributed by atoms with Crippen LogP contribution in [-0.2, 0) is 6.42 Å². The maximum atomic E-state index is 13.1. The van der Waals surface area contributed by atoms with Crippen LogP contribution < -0.4 is 11.2 Å². The highest BCUT2D eigenvalue weighted by atomic mass is 32.2. The number of hydrogen-bond acceptors (Lipinski definition) is 5. The van der Waals surface area contributed by atoms with Crippen LogP contribution in [0.25, 0.3) is 5.70 Å². The summed E-state index contributed by atoms with van der Waals surface area (Å²) in [6, 6.07) is 16.1. The van der Waals surface area contributed by atoms with Crippen LogP contribution in [0.4, 0.5) is 4.39 Å². The molecule has 5 nitrogen and oxygen atoms in total. The number of nitrogens with one attached hydrogen (secondary N) is 1. The number of nitrogens with zero attached hydrogens (tertiary/aromatic N) is 3. The summed E-state index contributed by atoms with van der Waals surface area (Å²) in [5.41, 5.74) is 12.5. The molecular weight excluding hydrogens is 337 g/mol. The molecule has 25 heavy (non-hydrogen) atoms. The van der Waals surface area contributed by atoms with Crippen molar-refractivity contribution in [1.82, 2.24) is 14.9 Å². The molecule has 0 unspecified atom stereocenters. The molecule has 1 aromatic heterocycles. The van der Waals surface area contributed by atoms with E-state index < -0.39 is 0 Å². The molecule has 2 heterocycles. The summed E-state index contributed by atoms with van der Waals surface area (Å²) in [5, 5.41) is 11.1. The molecule has 1 atom stereocenters. The Morgan fingerprint density at radius 1 is 1.08 bits per heavy atom. The molecule has 3 aromatic rings. The Hall–Kier alpha value is -2.64.